The lowest BCUT2D eigenvalue weighted by Gasteiger charge is -2.12. The van der Waals surface area contributed by atoms with Crippen LogP contribution in [0.3, 0.4) is 0 Å². The maximum atomic E-state index is 14.0. The van der Waals surface area contributed by atoms with Gasteiger partial charge >= 0.3 is 0 Å². The number of hydroxylamine groups is 1. The summed E-state index contributed by atoms with van der Waals surface area (Å²) in [6.07, 6.45) is 0. The number of hydrogen-bond donors (Lipinski definition) is 4. The molecule has 0 saturated heterocycles. The van der Waals surface area contributed by atoms with Crippen LogP contribution < -0.4 is 21.6 Å². The second kappa shape index (κ2) is 7.46. The van der Waals surface area contributed by atoms with Crippen molar-refractivity contribution in [2.75, 3.05) is 18.5 Å². The smallest absolute Gasteiger partial charge is 0.297 e. The van der Waals surface area contributed by atoms with Crippen LogP contribution in [0.2, 0.25) is 0 Å². The summed E-state index contributed by atoms with van der Waals surface area (Å²) in [5.74, 6) is -2.02. The third-order valence-electron chi connectivity index (χ3n) is 3.42. The molecule has 0 fully saturated rings. The fraction of sp³-hybridized carbons (Fsp3) is 0.200. The van der Waals surface area contributed by atoms with Crippen molar-refractivity contribution in [3.05, 3.63) is 41.1 Å². The molecule has 1 aromatic carbocycles. The van der Waals surface area contributed by atoms with Gasteiger partial charge in [0.2, 0.25) is 0 Å². The molecule has 2 amide bonds. The van der Waals surface area contributed by atoms with Crippen molar-refractivity contribution in [2.24, 2.45) is 0 Å². The lowest BCUT2D eigenvalue weighted by molar-refractivity contribution is 0.0165. The van der Waals surface area contributed by atoms with Crippen molar-refractivity contribution >= 4 is 36.6 Å². The number of nitrogens with one attached hydrogen (secondary N) is 3. The van der Waals surface area contributed by atoms with E-state index in [2.05, 4.69) is 26.1 Å². The van der Waals surface area contributed by atoms with Gasteiger partial charge in [-0.3, -0.25) is 14.4 Å². The SMILES string of the molecule is [B]c1ccc(Nc2nc3c(nc2C(=O)NOCCO)CNC3=O)c(F)c1. The molecule has 4 N–H and O–H groups in total. The first-order valence-electron chi connectivity index (χ1n) is 7.53. The summed E-state index contributed by atoms with van der Waals surface area (Å²) in [5.41, 5.74) is 2.44. The number of amides is 2. The van der Waals surface area contributed by atoms with Gasteiger partial charge in [0.05, 0.1) is 31.1 Å². The Balaban J connectivity index is 1.97. The molecule has 0 saturated carbocycles. The summed E-state index contributed by atoms with van der Waals surface area (Å²) in [5, 5.41) is 13.9. The molecular formula is C15H13BFN5O4. The first-order valence-corrected chi connectivity index (χ1v) is 7.53. The van der Waals surface area contributed by atoms with E-state index in [-0.39, 0.29) is 53.8 Å². The van der Waals surface area contributed by atoms with Gasteiger partial charge in [-0.15, -0.1) is 0 Å². The third-order valence-corrected chi connectivity index (χ3v) is 3.42. The summed E-state index contributed by atoms with van der Waals surface area (Å²) < 4.78 is 14.0. The predicted octanol–water partition coefficient (Wildman–Crippen LogP) is -0.950. The van der Waals surface area contributed by atoms with Crippen LogP contribution in [0.1, 0.15) is 26.7 Å². The highest BCUT2D eigenvalue weighted by Gasteiger charge is 2.27. The number of nitrogens with zero attached hydrogens (tertiary/aromatic N) is 2. The van der Waals surface area contributed by atoms with E-state index in [4.69, 9.17) is 17.8 Å². The molecule has 2 heterocycles. The molecule has 1 aromatic heterocycles. The number of carbonyl (C=O) groups excluding carboxylic acids is 2. The van der Waals surface area contributed by atoms with Gasteiger partial charge in [0.25, 0.3) is 11.8 Å². The molecule has 9 nitrogen and oxygen atoms in total. The quantitative estimate of drug-likeness (QED) is 0.298. The summed E-state index contributed by atoms with van der Waals surface area (Å²) in [4.78, 5) is 37.0. The van der Waals surface area contributed by atoms with Gasteiger partial charge in [-0.1, -0.05) is 11.5 Å². The number of anilines is 2. The van der Waals surface area contributed by atoms with Gasteiger partial charge in [0, 0.05) is 0 Å². The second-order valence-corrected chi connectivity index (χ2v) is 5.27. The Labute approximate surface area is 148 Å². The molecule has 0 aliphatic carbocycles. The van der Waals surface area contributed by atoms with Crippen LogP contribution in [0.25, 0.3) is 0 Å². The van der Waals surface area contributed by atoms with E-state index < -0.39 is 17.6 Å². The molecule has 0 unspecified atom stereocenters. The summed E-state index contributed by atoms with van der Waals surface area (Å²) in [6, 6.07) is 3.92. The minimum atomic E-state index is -0.772. The number of aliphatic hydroxyl groups excluding tert-OH is 1. The van der Waals surface area contributed by atoms with Crippen molar-refractivity contribution in [1.29, 1.82) is 0 Å². The normalized spacial score (nSPS) is 12.5. The Kier molecular flexibility index (Phi) is 5.10. The Morgan fingerprint density at radius 3 is 2.96 bits per heavy atom. The highest BCUT2D eigenvalue weighted by molar-refractivity contribution is 6.32. The van der Waals surface area contributed by atoms with E-state index in [0.29, 0.717) is 0 Å². The molecule has 11 heteroatoms. The zero-order valence-corrected chi connectivity index (χ0v) is 13.4. The van der Waals surface area contributed by atoms with Crippen LogP contribution in [-0.4, -0.2) is 47.9 Å². The van der Waals surface area contributed by atoms with Gasteiger partial charge < -0.3 is 15.7 Å². The number of aliphatic hydroxyl groups is 1. The van der Waals surface area contributed by atoms with Crippen molar-refractivity contribution in [1.82, 2.24) is 20.8 Å². The number of halogens is 1. The largest absolute Gasteiger partial charge is 0.394 e. The average Bonchev–Trinajstić information content (AvgIpc) is 2.97. The molecule has 0 spiro atoms. The molecule has 26 heavy (non-hydrogen) atoms. The standard InChI is InChI=1S/C15H13BFN5O4/c16-7-1-2-9(8(17)5-7)20-13-12(15(25)22-26-4-3-23)19-10-6-18-14(24)11(10)21-13/h1-2,5,23H,3-4,6H2,(H,18,24)(H,20,21)(H,22,25). The van der Waals surface area contributed by atoms with Gasteiger partial charge in [0.15, 0.2) is 17.2 Å². The van der Waals surface area contributed by atoms with Crippen molar-refractivity contribution < 1.29 is 23.9 Å². The molecule has 3 rings (SSSR count). The fourth-order valence-corrected chi connectivity index (χ4v) is 2.24. The lowest BCUT2D eigenvalue weighted by atomic mass is 9.96. The Morgan fingerprint density at radius 2 is 2.23 bits per heavy atom. The lowest BCUT2D eigenvalue weighted by Crippen LogP contribution is -2.28. The molecule has 1 aliphatic rings. The van der Waals surface area contributed by atoms with Crippen molar-refractivity contribution in [3.63, 3.8) is 0 Å². The van der Waals surface area contributed by atoms with Crippen molar-refractivity contribution in [2.45, 2.75) is 6.54 Å². The minimum Gasteiger partial charge on any atom is -0.394 e. The first kappa shape index (κ1) is 17.8. The fourth-order valence-electron chi connectivity index (χ4n) is 2.24. The zero-order chi connectivity index (χ0) is 18.7. The van der Waals surface area contributed by atoms with Gasteiger partial charge in [-0.05, 0) is 12.1 Å². The topological polar surface area (TPSA) is 125 Å². The number of aromatic nitrogens is 2. The molecular weight excluding hydrogens is 344 g/mol. The van der Waals surface area contributed by atoms with Crippen LogP contribution in [0.5, 0.6) is 0 Å². The summed E-state index contributed by atoms with van der Waals surface area (Å²) >= 11 is 0. The first-order chi connectivity index (χ1) is 12.5. The number of carbonyl (C=O) groups is 2. The van der Waals surface area contributed by atoms with Gasteiger partial charge in [0.1, 0.15) is 13.7 Å². The molecule has 0 bridgehead atoms. The van der Waals surface area contributed by atoms with E-state index in [9.17, 15) is 14.0 Å². The van der Waals surface area contributed by atoms with E-state index in [1.54, 1.807) is 0 Å². The third kappa shape index (κ3) is 3.63. The van der Waals surface area contributed by atoms with E-state index in [1.165, 1.54) is 12.1 Å². The second-order valence-electron chi connectivity index (χ2n) is 5.27. The highest BCUT2D eigenvalue weighted by atomic mass is 19.1. The van der Waals surface area contributed by atoms with Crippen LogP contribution in [0, 0.1) is 5.82 Å². The van der Waals surface area contributed by atoms with Crippen LogP contribution in [0.15, 0.2) is 18.2 Å². The molecule has 0 atom stereocenters. The van der Waals surface area contributed by atoms with E-state index in [0.717, 1.165) is 6.07 Å². The minimum absolute atomic E-state index is 0.00261. The number of rotatable bonds is 6. The Bertz CT molecular complexity index is 879. The Morgan fingerprint density at radius 1 is 1.42 bits per heavy atom. The molecule has 2 radical (unpaired) electrons. The zero-order valence-electron chi connectivity index (χ0n) is 13.4. The van der Waals surface area contributed by atoms with E-state index >= 15 is 0 Å². The number of fused-ring (bicyclic) bond motifs is 1. The van der Waals surface area contributed by atoms with Gasteiger partial charge in [-0.2, -0.15) is 0 Å². The maximum absolute atomic E-state index is 14.0. The van der Waals surface area contributed by atoms with Gasteiger partial charge in [-0.25, -0.2) is 19.8 Å². The highest BCUT2D eigenvalue weighted by Crippen LogP contribution is 2.23. The molecule has 2 aromatic rings. The molecule has 132 valence electrons. The number of benzene rings is 1. The molecule has 1 aliphatic heterocycles. The number of hydrogen-bond acceptors (Lipinski definition) is 7. The van der Waals surface area contributed by atoms with E-state index in [1.807, 2.05) is 0 Å². The van der Waals surface area contributed by atoms with Crippen LogP contribution in [-0.2, 0) is 11.4 Å². The average molecular weight is 357 g/mol. The summed E-state index contributed by atoms with van der Waals surface area (Å²) in [6.45, 7) is -0.300. The van der Waals surface area contributed by atoms with Crippen LogP contribution >= 0.6 is 0 Å². The van der Waals surface area contributed by atoms with Crippen LogP contribution in [0.4, 0.5) is 15.9 Å². The van der Waals surface area contributed by atoms with Crippen molar-refractivity contribution in [3.8, 4) is 0 Å². The monoisotopic (exact) mass is 357 g/mol. The summed E-state index contributed by atoms with van der Waals surface area (Å²) in [7, 11) is 5.51. The maximum Gasteiger partial charge on any atom is 0.297 e. The predicted molar refractivity (Wildman–Crippen MR) is 88.8 cm³/mol. The Hall–Kier alpha value is -3.05.